The van der Waals surface area contributed by atoms with Crippen LogP contribution in [0.25, 0.3) is 0 Å². The van der Waals surface area contributed by atoms with E-state index >= 15 is 0 Å². The number of benzene rings is 3. The van der Waals surface area contributed by atoms with Gasteiger partial charge >= 0.3 is 5.97 Å². The molecule has 9 heteroatoms. The number of methoxy groups -OCH3 is 2. The molecule has 176 valence electrons. The highest BCUT2D eigenvalue weighted by Gasteiger charge is 2.25. The van der Waals surface area contributed by atoms with Gasteiger partial charge in [0.15, 0.2) is 12.6 Å². The van der Waals surface area contributed by atoms with E-state index in [9.17, 15) is 14.4 Å². The number of anilines is 1. The summed E-state index contributed by atoms with van der Waals surface area (Å²) < 4.78 is 15.6. The third-order valence-corrected chi connectivity index (χ3v) is 5.07. The first-order chi connectivity index (χ1) is 16.4. The van der Waals surface area contributed by atoms with Crippen LogP contribution in [-0.2, 0) is 14.3 Å². The maximum atomic E-state index is 12.9. The fourth-order valence-corrected chi connectivity index (χ4v) is 3.32. The molecule has 0 bridgehead atoms. The van der Waals surface area contributed by atoms with Crippen LogP contribution in [-0.4, -0.2) is 38.6 Å². The van der Waals surface area contributed by atoms with Crippen LogP contribution in [0.1, 0.15) is 22.0 Å². The lowest BCUT2D eigenvalue weighted by Gasteiger charge is -2.18. The molecule has 0 aliphatic heterocycles. The van der Waals surface area contributed by atoms with E-state index < -0.39 is 30.4 Å². The smallest absolute Gasteiger partial charge is 0.333 e. The molecule has 0 aliphatic rings. The van der Waals surface area contributed by atoms with E-state index in [4.69, 9.17) is 25.8 Å². The molecule has 0 radical (unpaired) electrons. The van der Waals surface area contributed by atoms with Crippen molar-refractivity contribution in [2.45, 2.75) is 6.04 Å². The number of hydrogen-bond acceptors (Lipinski definition) is 6. The molecule has 2 N–H and O–H groups in total. The van der Waals surface area contributed by atoms with Crippen LogP contribution in [0.2, 0.25) is 5.02 Å². The quantitative estimate of drug-likeness (QED) is 0.447. The summed E-state index contributed by atoms with van der Waals surface area (Å²) in [6.07, 6.45) is 0. The van der Waals surface area contributed by atoms with Gasteiger partial charge in [-0.2, -0.15) is 0 Å². The number of esters is 1. The second kappa shape index (κ2) is 11.7. The minimum absolute atomic E-state index is 0.293. The predicted octanol–water partition coefficient (Wildman–Crippen LogP) is 4.01. The standard InChI is InChI=1S/C25H23ClN2O6/c1-32-20-14-19(21(33-2)13-18(20)26)27-22(29)15-34-25(31)23(16-9-5-3-6-10-16)28-24(30)17-11-7-4-8-12-17/h3-14,23H,15H2,1-2H3,(H,27,29)(H,28,30). The lowest BCUT2D eigenvalue weighted by Crippen LogP contribution is -2.36. The van der Waals surface area contributed by atoms with Crippen LogP contribution in [0.5, 0.6) is 11.5 Å². The molecule has 34 heavy (non-hydrogen) atoms. The average Bonchev–Trinajstić information content (AvgIpc) is 2.87. The molecular formula is C25H23ClN2O6. The predicted molar refractivity (Wildman–Crippen MR) is 127 cm³/mol. The summed E-state index contributed by atoms with van der Waals surface area (Å²) in [6, 6.07) is 19.0. The number of carbonyl (C=O) groups is 3. The van der Waals surface area contributed by atoms with Crippen molar-refractivity contribution < 1.29 is 28.6 Å². The van der Waals surface area contributed by atoms with Crippen molar-refractivity contribution in [3.8, 4) is 11.5 Å². The van der Waals surface area contributed by atoms with Crippen molar-refractivity contribution in [3.63, 3.8) is 0 Å². The van der Waals surface area contributed by atoms with E-state index in [0.29, 0.717) is 33.3 Å². The third kappa shape index (κ3) is 6.26. The first-order valence-electron chi connectivity index (χ1n) is 10.2. The molecule has 0 fully saturated rings. The number of ether oxygens (including phenoxy) is 3. The van der Waals surface area contributed by atoms with Crippen LogP contribution in [0, 0.1) is 0 Å². The molecule has 3 rings (SSSR count). The number of rotatable bonds is 9. The highest BCUT2D eigenvalue weighted by atomic mass is 35.5. The first-order valence-corrected chi connectivity index (χ1v) is 10.6. The molecule has 0 heterocycles. The normalized spacial score (nSPS) is 11.1. The Morgan fingerprint density at radius 3 is 2.12 bits per heavy atom. The van der Waals surface area contributed by atoms with Crippen molar-refractivity contribution in [2.24, 2.45) is 0 Å². The molecular weight excluding hydrogens is 460 g/mol. The lowest BCUT2D eigenvalue weighted by molar-refractivity contribution is -0.149. The van der Waals surface area contributed by atoms with Gasteiger partial charge in [0, 0.05) is 17.7 Å². The van der Waals surface area contributed by atoms with Crippen LogP contribution in [0.4, 0.5) is 5.69 Å². The van der Waals surface area contributed by atoms with Gasteiger partial charge in [-0.1, -0.05) is 60.1 Å². The molecule has 3 aromatic carbocycles. The Balaban J connectivity index is 1.70. The molecule has 0 aromatic heterocycles. The third-order valence-electron chi connectivity index (χ3n) is 4.77. The second-order valence-electron chi connectivity index (χ2n) is 7.03. The maximum Gasteiger partial charge on any atom is 0.333 e. The topological polar surface area (TPSA) is 103 Å². The zero-order valence-electron chi connectivity index (χ0n) is 18.5. The Bertz CT molecular complexity index is 1150. The molecule has 1 atom stereocenters. The van der Waals surface area contributed by atoms with E-state index in [2.05, 4.69) is 10.6 Å². The Morgan fingerprint density at radius 2 is 1.50 bits per heavy atom. The van der Waals surface area contributed by atoms with Gasteiger partial charge in [-0.3, -0.25) is 9.59 Å². The minimum Gasteiger partial charge on any atom is -0.495 e. The molecule has 8 nitrogen and oxygen atoms in total. The molecule has 1 unspecified atom stereocenters. The second-order valence-corrected chi connectivity index (χ2v) is 7.43. The highest BCUT2D eigenvalue weighted by molar-refractivity contribution is 6.32. The number of hydrogen-bond donors (Lipinski definition) is 2. The summed E-state index contributed by atoms with van der Waals surface area (Å²) in [5.74, 6) is -1.21. The van der Waals surface area contributed by atoms with Crippen molar-refractivity contribution in [1.82, 2.24) is 5.32 Å². The number of amides is 2. The molecule has 2 amide bonds. The fourth-order valence-electron chi connectivity index (χ4n) is 3.09. The fraction of sp³-hybridized carbons (Fsp3) is 0.160. The highest BCUT2D eigenvalue weighted by Crippen LogP contribution is 2.35. The monoisotopic (exact) mass is 482 g/mol. The summed E-state index contributed by atoms with van der Waals surface area (Å²) in [5, 5.41) is 5.57. The summed E-state index contributed by atoms with van der Waals surface area (Å²) in [5.41, 5.74) is 1.20. The number of carbonyl (C=O) groups excluding carboxylic acids is 3. The van der Waals surface area contributed by atoms with Gasteiger partial charge < -0.3 is 24.8 Å². The average molecular weight is 483 g/mol. The lowest BCUT2D eigenvalue weighted by atomic mass is 10.1. The van der Waals surface area contributed by atoms with Gasteiger partial charge in [-0.15, -0.1) is 0 Å². The molecule has 0 spiro atoms. The van der Waals surface area contributed by atoms with Crippen LogP contribution in [0.15, 0.2) is 72.8 Å². The molecule has 0 aliphatic carbocycles. The maximum absolute atomic E-state index is 12.9. The van der Waals surface area contributed by atoms with Gasteiger partial charge in [0.1, 0.15) is 11.5 Å². The number of halogens is 1. The van der Waals surface area contributed by atoms with Crippen LogP contribution >= 0.6 is 11.6 Å². The van der Waals surface area contributed by atoms with E-state index in [1.165, 1.54) is 26.4 Å². The van der Waals surface area contributed by atoms with E-state index in [0.717, 1.165) is 0 Å². The molecule has 3 aromatic rings. The summed E-state index contributed by atoms with van der Waals surface area (Å²) in [7, 11) is 2.86. The van der Waals surface area contributed by atoms with Gasteiger partial charge in [-0.05, 0) is 17.7 Å². The van der Waals surface area contributed by atoms with Crippen molar-refractivity contribution >= 4 is 35.1 Å². The largest absolute Gasteiger partial charge is 0.495 e. The summed E-state index contributed by atoms with van der Waals surface area (Å²) in [6.45, 7) is -0.586. The van der Waals surface area contributed by atoms with Crippen molar-refractivity contribution in [3.05, 3.63) is 88.9 Å². The van der Waals surface area contributed by atoms with Crippen LogP contribution in [0.3, 0.4) is 0 Å². The SMILES string of the molecule is COc1cc(NC(=O)COC(=O)C(NC(=O)c2ccccc2)c2ccccc2)c(OC)cc1Cl. The Labute approximate surface area is 201 Å². The van der Waals surface area contributed by atoms with Gasteiger partial charge in [-0.25, -0.2) is 4.79 Å². The van der Waals surface area contributed by atoms with Crippen molar-refractivity contribution in [2.75, 3.05) is 26.1 Å². The summed E-state index contributed by atoms with van der Waals surface area (Å²) >= 11 is 6.08. The Hall–Kier alpha value is -4.04. The van der Waals surface area contributed by atoms with E-state index in [-0.39, 0.29) is 0 Å². The van der Waals surface area contributed by atoms with Crippen molar-refractivity contribution in [1.29, 1.82) is 0 Å². The molecule has 0 saturated heterocycles. The van der Waals surface area contributed by atoms with Gasteiger partial charge in [0.05, 0.1) is 24.9 Å². The molecule has 0 saturated carbocycles. The van der Waals surface area contributed by atoms with E-state index in [1.54, 1.807) is 60.7 Å². The van der Waals surface area contributed by atoms with Gasteiger partial charge in [0.25, 0.3) is 11.8 Å². The Morgan fingerprint density at radius 1 is 0.882 bits per heavy atom. The zero-order valence-corrected chi connectivity index (χ0v) is 19.3. The minimum atomic E-state index is -1.10. The van der Waals surface area contributed by atoms with Gasteiger partial charge in [0.2, 0.25) is 0 Å². The zero-order chi connectivity index (χ0) is 24.5. The van der Waals surface area contributed by atoms with Crippen LogP contribution < -0.4 is 20.1 Å². The number of nitrogens with one attached hydrogen (secondary N) is 2. The summed E-state index contributed by atoms with van der Waals surface area (Å²) in [4.78, 5) is 38.0. The van der Waals surface area contributed by atoms with E-state index in [1.807, 2.05) is 0 Å². The first kappa shape index (κ1) is 24.6. The Kier molecular flexibility index (Phi) is 8.48.